The smallest absolute Gasteiger partial charge is 0.293 e. The number of hydrazine groups is 1. The molecule has 9 heteroatoms. The van der Waals surface area contributed by atoms with Gasteiger partial charge in [-0.15, -0.1) is 0 Å². The Morgan fingerprint density at radius 3 is 2.90 bits per heavy atom. The van der Waals surface area contributed by atoms with Gasteiger partial charge in [-0.1, -0.05) is 23.9 Å². The van der Waals surface area contributed by atoms with Crippen molar-refractivity contribution in [2.75, 3.05) is 5.43 Å². The summed E-state index contributed by atoms with van der Waals surface area (Å²) < 4.78 is 0. The van der Waals surface area contributed by atoms with Gasteiger partial charge in [0.25, 0.3) is 11.2 Å². The Labute approximate surface area is 123 Å². The number of thioether (sulfide) groups is 1. The minimum absolute atomic E-state index is 0.0960. The molecule has 0 fully saturated rings. The number of H-pyrrole nitrogens is 1. The van der Waals surface area contributed by atoms with E-state index in [1.54, 1.807) is 19.1 Å². The predicted octanol–water partition coefficient (Wildman–Crippen LogP) is 1.56. The standard InChI is InChI=1S/C12H13N5O3S/c1-7-5-10(18)15-12(14-7)21-6-8-3-2-4-9(17(19)20)11(8)16-13/h2-5,16H,6,13H2,1H3,(H,14,15,18). The molecular formula is C12H13N5O3S. The number of anilines is 1. The molecule has 1 heterocycles. The number of nitrogens with two attached hydrogens (primary N) is 1. The normalized spacial score (nSPS) is 10.4. The van der Waals surface area contributed by atoms with E-state index >= 15 is 0 Å². The summed E-state index contributed by atoms with van der Waals surface area (Å²) in [6.45, 7) is 1.72. The molecule has 21 heavy (non-hydrogen) atoms. The zero-order chi connectivity index (χ0) is 15.4. The summed E-state index contributed by atoms with van der Waals surface area (Å²) in [4.78, 5) is 28.6. The summed E-state index contributed by atoms with van der Waals surface area (Å²) in [7, 11) is 0. The molecule has 2 rings (SSSR count). The van der Waals surface area contributed by atoms with Gasteiger partial charge in [0, 0.05) is 23.6 Å². The molecule has 0 atom stereocenters. The lowest BCUT2D eigenvalue weighted by atomic mass is 10.2. The van der Waals surface area contributed by atoms with Crippen LogP contribution in [-0.4, -0.2) is 14.9 Å². The van der Waals surface area contributed by atoms with Crippen molar-refractivity contribution >= 4 is 23.1 Å². The van der Waals surface area contributed by atoms with Gasteiger partial charge in [0.05, 0.1) is 4.92 Å². The topological polar surface area (TPSA) is 127 Å². The summed E-state index contributed by atoms with van der Waals surface area (Å²) >= 11 is 1.27. The minimum Gasteiger partial charge on any atom is -0.318 e. The first-order valence-corrected chi connectivity index (χ1v) is 6.93. The summed E-state index contributed by atoms with van der Waals surface area (Å²) in [6, 6.07) is 6.07. The zero-order valence-corrected chi connectivity index (χ0v) is 11.9. The maximum absolute atomic E-state index is 11.4. The number of nitro groups is 1. The third kappa shape index (κ3) is 3.58. The van der Waals surface area contributed by atoms with Crippen LogP contribution in [0.25, 0.3) is 0 Å². The van der Waals surface area contributed by atoms with Crippen molar-refractivity contribution in [3.63, 3.8) is 0 Å². The lowest BCUT2D eigenvalue weighted by Gasteiger charge is -2.08. The van der Waals surface area contributed by atoms with Gasteiger partial charge in [0.1, 0.15) is 5.69 Å². The Kier molecular flexibility index (Phi) is 4.55. The number of nitro benzene ring substituents is 1. The van der Waals surface area contributed by atoms with E-state index < -0.39 is 4.92 Å². The Morgan fingerprint density at radius 1 is 1.52 bits per heavy atom. The number of aromatic nitrogens is 2. The van der Waals surface area contributed by atoms with Crippen LogP contribution < -0.4 is 16.8 Å². The van der Waals surface area contributed by atoms with E-state index in [9.17, 15) is 14.9 Å². The van der Waals surface area contributed by atoms with Crippen LogP contribution in [0.3, 0.4) is 0 Å². The molecule has 0 unspecified atom stereocenters. The van der Waals surface area contributed by atoms with Crippen molar-refractivity contribution in [2.24, 2.45) is 5.84 Å². The molecule has 0 aliphatic rings. The molecule has 8 nitrogen and oxygen atoms in total. The van der Waals surface area contributed by atoms with E-state index in [0.717, 1.165) is 0 Å². The fourth-order valence-electron chi connectivity index (χ4n) is 1.79. The maximum atomic E-state index is 11.4. The van der Waals surface area contributed by atoms with Crippen molar-refractivity contribution in [1.29, 1.82) is 0 Å². The van der Waals surface area contributed by atoms with E-state index in [-0.39, 0.29) is 16.9 Å². The molecule has 0 saturated carbocycles. The molecule has 0 aliphatic carbocycles. The first kappa shape index (κ1) is 15.0. The number of nitrogens with one attached hydrogen (secondary N) is 2. The summed E-state index contributed by atoms with van der Waals surface area (Å²) in [5.41, 5.74) is 3.54. The number of aromatic amines is 1. The lowest BCUT2D eigenvalue weighted by molar-refractivity contribution is -0.384. The van der Waals surface area contributed by atoms with Crippen molar-refractivity contribution in [1.82, 2.24) is 9.97 Å². The average molecular weight is 307 g/mol. The van der Waals surface area contributed by atoms with Gasteiger partial charge in [-0.3, -0.25) is 20.8 Å². The molecule has 0 bridgehead atoms. The summed E-state index contributed by atoms with van der Waals surface area (Å²) in [5.74, 6) is 5.75. The van der Waals surface area contributed by atoms with Gasteiger partial charge < -0.3 is 10.4 Å². The molecule has 110 valence electrons. The van der Waals surface area contributed by atoms with Crippen molar-refractivity contribution in [3.8, 4) is 0 Å². The highest BCUT2D eigenvalue weighted by Gasteiger charge is 2.16. The fourth-order valence-corrected chi connectivity index (χ4v) is 2.71. The van der Waals surface area contributed by atoms with Gasteiger partial charge in [-0.05, 0) is 12.5 Å². The Balaban J connectivity index is 2.25. The molecule has 2 aromatic rings. The van der Waals surface area contributed by atoms with Crippen LogP contribution in [0.1, 0.15) is 11.3 Å². The fraction of sp³-hybridized carbons (Fsp3) is 0.167. The second-order valence-corrected chi connectivity index (χ2v) is 5.16. The van der Waals surface area contributed by atoms with E-state index in [2.05, 4.69) is 15.4 Å². The Bertz CT molecular complexity index is 731. The molecule has 1 aromatic carbocycles. The van der Waals surface area contributed by atoms with Crippen molar-refractivity contribution in [3.05, 3.63) is 56.0 Å². The molecule has 0 spiro atoms. The second kappa shape index (κ2) is 6.37. The molecular weight excluding hydrogens is 294 g/mol. The van der Waals surface area contributed by atoms with Crippen LogP contribution in [0.4, 0.5) is 11.4 Å². The highest BCUT2D eigenvalue weighted by Crippen LogP contribution is 2.31. The van der Waals surface area contributed by atoms with E-state index in [0.29, 0.717) is 22.2 Å². The van der Waals surface area contributed by atoms with Crippen molar-refractivity contribution in [2.45, 2.75) is 17.8 Å². The largest absolute Gasteiger partial charge is 0.318 e. The van der Waals surface area contributed by atoms with Gasteiger partial charge in [-0.2, -0.15) is 0 Å². The maximum Gasteiger partial charge on any atom is 0.293 e. The Morgan fingerprint density at radius 2 is 2.29 bits per heavy atom. The number of rotatable bonds is 5. The Hall–Kier alpha value is -2.39. The predicted molar refractivity (Wildman–Crippen MR) is 80.1 cm³/mol. The van der Waals surface area contributed by atoms with Crippen LogP contribution in [0.2, 0.25) is 0 Å². The summed E-state index contributed by atoms with van der Waals surface area (Å²) in [6.07, 6.45) is 0. The van der Waals surface area contributed by atoms with Crippen LogP contribution in [0.5, 0.6) is 0 Å². The van der Waals surface area contributed by atoms with E-state index in [1.807, 2.05) is 0 Å². The number of hydrogen-bond donors (Lipinski definition) is 3. The monoisotopic (exact) mass is 307 g/mol. The highest BCUT2D eigenvalue weighted by atomic mass is 32.2. The summed E-state index contributed by atoms with van der Waals surface area (Å²) in [5, 5.41) is 11.4. The number of aryl methyl sites for hydroxylation is 1. The highest BCUT2D eigenvalue weighted by molar-refractivity contribution is 7.98. The molecule has 0 amide bonds. The molecule has 0 radical (unpaired) electrons. The molecule has 0 aliphatic heterocycles. The number of hydrogen-bond acceptors (Lipinski definition) is 7. The van der Waals surface area contributed by atoms with Crippen LogP contribution in [0, 0.1) is 17.0 Å². The SMILES string of the molecule is Cc1cc(=O)[nH]c(SCc2cccc([N+](=O)[O-])c2NN)n1. The third-order valence-electron chi connectivity index (χ3n) is 2.68. The van der Waals surface area contributed by atoms with Crippen LogP contribution in [0.15, 0.2) is 34.2 Å². The van der Waals surface area contributed by atoms with Gasteiger partial charge in [-0.25, -0.2) is 4.98 Å². The lowest BCUT2D eigenvalue weighted by Crippen LogP contribution is -2.11. The van der Waals surface area contributed by atoms with Crippen LogP contribution >= 0.6 is 11.8 Å². The average Bonchev–Trinajstić information content (AvgIpc) is 2.43. The molecule has 4 N–H and O–H groups in total. The zero-order valence-electron chi connectivity index (χ0n) is 11.1. The van der Waals surface area contributed by atoms with Crippen LogP contribution in [-0.2, 0) is 5.75 Å². The third-order valence-corrected chi connectivity index (χ3v) is 3.60. The number of nitrogen functional groups attached to an aromatic ring is 1. The quantitative estimate of drug-likeness (QED) is 0.251. The first-order valence-electron chi connectivity index (χ1n) is 5.95. The minimum atomic E-state index is -0.504. The molecule has 1 aromatic heterocycles. The number of nitrogens with zero attached hydrogens (tertiary/aromatic N) is 2. The first-order chi connectivity index (χ1) is 10.0. The second-order valence-electron chi connectivity index (χ2n) is 4.19. The van der Waals surface area contributed by atoms with Crippen molar-refractivity contribution < 1.29 is 4.92 Å². The van der Waals surface area contributed by atoms with E-state index in [1.165, 1.54) is 23.9 Å². The van der Waals surface area contributed by atoms with E-state index in [4.69, 9.17) is 5.84 Å². The van der Waals surface area contributed by atoms with Gasteiger partial charge >= 0.3 is 0 Å². The number of para-hydroxylation sites is 1. The van der Waals surface area contributed by atoms with Gasteiger partial charge in [0.15, 0.2) is 5.16 Å². The number of benzene rings is 1. The van der Waals surface area contributed by atoms with Gasteiger partial charge in [0.2, 0.25) is 0 Å². The molecule has 0 saturated heterocycles.